The number of rotatable bonds is 3. The molecule has 10 rings (SSSR count). The molecule has 0 saturated carbocycles. The number of hydrogen-bond donors (Lipinski definition) is 0. The van der Waals surface area contributed by atoms with Gasteiger partial charge in [0.2, 0.25) is 0 Å². The van der Waals surface area contributed by atoms with Crippen molar-refractivity contribution >= 4 is 43.1 Å². The average Bonchev–Trinajstić information content (AvgIpc) is 3.46. The van der Waals surface area contributed by atoms with Crippen molar-refractivity contribution in [3.8, 4) is 55.6 Å². The van der Waals surface area contributed by atoms with Crippen LogP contribution in [0.4, 0.5) is 0 Å². The van der Waals surface area contributed by atoms with Crippen LogP contribution in [0.5, 0.6) is 0 Å². The second kappa shape index (κ2) is 10.0. The van der Waals surface area contributed by atoms with E-state index in [4.69, 9.17) is 0 Å². The molecule has 0 heterocycles. The maximum absolute atomic E-state index is 2.39. The molecule has 0 spiro atoms. The number of hydrogen-bond acceptors (Lipinski definition) is 0. The molecule has 218 valence electrons. The molecule has 47 heavy (non-hydrogen) atoms. The summed E-state index contributed by atoms with van der Waals surface area (Å²) in [5.74, 6) is 0. The lowest BCUT2D eigenvalue weighted by Gasteiger charge is -2.22. The van der Waals surface area contributed by atoms with Crippen molar-refractivity contribution in [2.75, 3.05) is 0 Å². The van der Waals surface area contributed by atoms with Gasteiger partial charge in [-0.1, -0.05) is 169 Å². The first-order valence-corrected chi connectivity index (χ1v) is 16.4. The molecular formula is C47H30. The van der Waals surface area contributed by atoms with Crippen LogP contribution in [0.15, 0.2) is 164 Å². The second-order valence-corrected chi connectivity index (χ2v) is 12.9. The molecular weight excluding hydrogens is 565 g/mol. The van der Waals surface area contributed by atoms with E-state index < -0.39 is 0 Å². The Morgan fingerprint density at radius 2 is 0.702 bits per heavy atom. The Balaban J connectivity index is 1.42. The summed E-state index contributed by atoms with van der Waals surface area (Å²) in [6, 6.07) is 60.9. The minimum atomic E-state index is 1.25. The molecule has 0 bridgehead atoms. The van der Waals surface area contributed by atoms with E-state index in [1.165, 1.54) is 104 Å². The van der Waals surface area contributed by atoms with Gasteiger partial charge in [-0.2, -0.15) is 0 Å². The molecule has 0 fully saturated rings. The van der Waals surface area contributed by atoms with Gasteiger partial charge < -0.3 is 0 Å². The lowest BCUT2D eigenvalue weighted by atomic mass is 9.81. The molecule has 0 unspecified atom stereocenters. The molecule has 9 aromatic carbocycles. The first-order valence-electron chi connectivity index (χ1n) is 16.4. The second-order valence-electron chi connectivity index (χ2n) is 12.9. The van der Waals surface area contributed by atoms with Gasteiger partial charge in [-0.15, -0.1) is 0 Å². The highest BCUT2D eigenvalue weighted by Gasteiger charge is 2.32. The third kappa shape index (κ3) is 3.76. The minimum Gasteiger partial charge on any atom is -0.0616 e. The fourth-order valence-corrected chi connectivity index (χ4v) is 8.23. The van der Waals surface area contributed by atoms with E-state index in [-0.39, 0.29) is 0 Å². The first kappa shape index (κ1) is 26.3. The predicted molar refractivity (Wildman–Crippen MR) is 202 cm³/mol. The molecule has 0 N–H and O–H groups in total. The summed E-state index contributed by atoms with van der Waals surface area (Å²) >= 11 is 0. The van der Waals surface area contributed by atoms with Crippen LogP contribution >= 0.6 is 0 Å². The van der Waals surface area contributed by atoms with Crippen LogP contribution in [0.2, 0.25) is 0 Å². The van der Waals surface area contributed by atoms with Gasteiger partial charge in [0.05, 0.1) is 0 Å². The lowest BCUT2D eigenvalue weighted by Crippen LogP contribution is -1.94. The Bertz CT molecular complexity index is 2580. The van der Waals surface area contributed by atoms with Gasteiger partial charge >= 0.3 is 0 Å². The summed E-state index contributed by atoms with van der Waals surface area (Å²) in [5, 5.41) is 10.3. The van der Waals surface area contributed by atoms with Gasteiger partial charge in [0, 0.05) is 0 Å². The zero-order valence-electron chi connectivity index (χ0n) is 26.1. The smallest absolute Gasteiger partial charge is 0.000718 e. The molecule has 1 aliphatic rings. The van der Waals surface area contributed by atoms with Gasteiger partial charge in [0.1, 0.15) is 0 Å². The van der Waals surface area contributed by atoms with E-state index in [0.717, 1.165) is 0 Å². The standard InChI is InChI=1S/C47H30/c1-29-23-25-32(26-24-29)35-27-28-42-43-36(35)21-10-22-41(43)46-44(37-19-8-13-30-11-2-4-15-33(30)37)39-17-6-7-18-40(39)45(47(42)46)38-20-9-14-31-12-3-5-16-34(31)38/h2-28H,1H3. The molecule has 0 aromatic heterocycles. The maximum Gasteiger partial charge on any atom is -0.000718 e. The van der Waals surface area contributed by atoms with Crippen molar-refractivity contribution in [1.82, 2.24) is 0 Å². The first-order chi connectivity index (χ1) is 23.3. The van der Waals surface area contributed by atoms with Crippen molar-refractivity contribution in [3.05, 3.63) is 169 Å². The minimum absolute atomic E-state index is 1.25. The van der Waals surface area contributed by atoms with Crippen LogP contribution in [0.1, 0.15) is 5.56 Å². The topological polar surface area (TPSA) is 0 Å². The highest BCUT2D eigenvalue weighted by Crippen LogP contribution is 2.59. The summed E-state index contributed by atoms with van der Waals surface area (Å²) in [5.41, 5.74) is 14.3. The van der Waals surface area contributed by atoms with E-state index in [2.05, 4.69) is 171 Å². The molecule has 9 aromatic rings. The Morgan fingerprint density at radius 3 is 1.30 bits per heavy atom. The van der Waals surface area contributed by atoms with Gasteiger partial charge in [0.25, 0.3) is 0 Å². The van der Waals surface area contributed by atoms with E-state index in [9.17, 15) is 0 Å². The summed E-state index contributed by atoms with van der Waals surface area (Å²) in [7, 11) is 0. The van der Waals surface area contributed by atoms with Crippen LogP contribution in [-0.2, 0) is 0 Å². The monoisotopic (exact) mass is 594 g/mol. The summed E-state index contributed by atoms with van der Waals surface area (Å²) in [6.45, 7) is 2.15. The average molecular weight is 595 g/mol. The van der Waals surface area contributed by atoms with Crippen molar-refractivity contribution < 1.29 is 0 Å². The van der Waals surface area contributed by atoms with Crippen molar-refractivity contribution in [1.29, 1.82) is 0 Å². The normalized spacial score (nSPS) is 11.9. The third-order valence-corrected chi connectivity index (χ3v) is 10.3. The molecule has 0 amide bonds. The van der Waals surface area contributed by atoms with E-state index in [1.54, 1.807) is 0 Å². The predicted octanol–water partition coefficient (Wildman–Crippen LogP) is 13.3. The number of aryl methyl sites for hydroxylation is 1. The van der Waals surface area contributed by atoms with Crippen LogP contribution in [0, 0.1) is 6.92 Å². The molecule has 0 atom stereocenters. The van der Waals surface area contributed by atoms with Gasteiger partial charge in [-0.25, -0.2) is 0 Å². The molecule has 0 heteroatoms. The van der Waals surface area contributed by atoms with E-state index >= 15 is 0 Å². The Labute approximate surface area is 274 Å². The zero-order valence-corrected chi connectivity index (χ0v) is 26.1. The van der Waals surface area contributed by atoms with Crippen molar-refractivity contribution in [2.45, 2.75) is 6.92 Å². The fraction of sp³-hybridized carbons (Fsp3) is 0.0213. The summed E-state index contributed by atoms with van der Waals surface area (Å²) in [6.07, 6.45) is 0. The van der Waals surface area contributed by atoms with Gasteiger partial charge in [-0.05, 0) is 106 Å². The maximum atomic E-state index is 2.39. The Kier molecular flexibility index (Phi) is 5.59. The van der Waals surface area contributed by atoms with Gasteiger partial charge in [0.15, 0.2) is 0 Å². The van der Waals surface area contributed by atoms with Crippen molar-refractivity contribution in [3.63, 3.8) is 0 Å². The Hall–Kier alpha value is -5.98. The number of fused-ring (bicyclic) bond motifs is 6. The zero-order chi connectivity index (χ0) is 31.1. The van der Waals surface area contributed by atoms with E-state index in [1.807, 2.05) is 0 Å². The largest absolute Gasteiger partial charge is 0.0616 e. The molecule has 0 nitrogen and oxygen atoms in total. The fourth-order valence-electron chi connectivity index (χ4n) is 8.23. The Morgan fingerprint density at radius 1 is 0.277 bits per heavy atom. The highest BCUT2D eigenvalue weighted by molar-refractivity contribution is 6.30. The summed E-state index contributed by atoms with van der Waals surface area (Å²) in [4.78, 5) is 0. The third-order valence-electron chi connectivity index (χ3n) is 10.3. The highest BCUT2D eigenvalue weighted by atomic mass is 14.3. The van der Waals surface area contributed by atoms with Gasteiger partial charge in [-0.3, -0.25) is 0 Å². The summed E-state index contributed by atoms with van der Waals surface area (Å²) < 4.78 is 0. The SMILES string of the molecule is Cc1ccc(-c2ccc3c4c(cccc24)-c2c-3c(-c3cccc4ccccc34)c3ccccc3c2-c2cccc3ccccc23)cc1. The lowest BCUT2D eigenvalue weighted by molar-refractivity contribution is 1.47. The molecule has 0 aliphatic heterocycles. The molecule has 0 radical (unpaired) electrons. The quantitative estimate of drug-likeness (QED) is 0.191. The molecule has 0 saturated heterocycles. The van der Waals surface area contributed by atoms with Crippen LogP contribution in [-0.4, -0.2) is 0 Å². The van der Waals surface area contributed by atoms with Crippen molar-refractivity contribution in [2.24, 2.45) is 0 Å². The van der Waals surface area contributed by atoms with Crippen LogP contribution < -0.4 is 0 Å². The van der Waals surface area contributed by atoms with Crippen LogP contribution in [0.3, 0.4) is 0 Å². The molecule has 1 aliphatic carbocycles. The number of benzene rings is 9. The van der Waals surface area contributed by atoms with E-state index in [0.29, 0.717) is 0 Å². The van der Waals surface area contributed by atoms with Crippen LogP contribution in [0.25, 0.3) is 98.7 Å².